The fraction of sp³-hybridized carbons (Fsp3) is 0.111. The van der Waals surface area contributed by atoms with E-state index in [4.69, 9.17) is 0 Å². The smallest absolute Gasteiger partial charge is 0.153 e. The number of pyridine rings is 1. The summed E-state index contributed by atoms with van der Waals surface area (Å²) in [6.45, 7) is 1.80. The van der Waals surface area contributed by atoms with Crippen molar-refractivity contribution < 1.29 is 9.18 Å². The number of aldehydes is 1. The molecule has 2 rings (SSSR count). The molecule has 0 spiro atoms. The first-order chi connectivity index (χ1) is 6.24. The summed E-state index contributed by atoms with van der Waals surface area (Å²) in [5.41, 5.74) is 1.44. The van der Waals surface area contributed by atoms with E-state index in [0.29, 0.717) is 17.3 Å². The van der Waals surface area contributed by atoms with Gasteiger partial charge in [0.25, 0.3) is 0 Å². The summed E-state index contributed by atoms with van der Waals surface area (Å²) in [6.07, 6.45) is 3.26. The van der Waals surface area contributed by atoms with Gasteiger partial charge in [0.1, 0.15) is 5.65 Å². The lowest BCUT2D eigenvalue weighted by molar-refractivity contribution is 0.112. The topological polar surface area (TPSA) is 45.8 Å². The second-order valence-corrected chi connectivity index (χ2v) is 2.83. The number of hydrogen-bond acceptors (Lipinski definition) is 2. The zero-order valence-electron chi connectivity index (χ0n) is 6.97. The lowest BCUT2D eigenvalue weighted by atomic mass is 10.1. The predicted molar refractivity (Wildman–Crippen MR) is 46.2 cm³/mol. The molecule has 13 heavy (non-hydrogen) atoms. The number of hydrogen-bond donors (Lipinski definition) is 1. The van der Waals surface area contributed by atoms with Crippen LogP contribution in [0.3, 0.4) is 0 Å². The van der Waals surface area contributed by atoms with E-state index in [0.717, 1.165) is 11.8 Å². The van der Waals surface area contributed by atoms with E-state index in [9.17, 15) is 9.18 Å². The average molecular weight is 178 g/mol. The van der Waals surface area contributed by atoms with Gasteiger partial charge in [0.2, 0.25) is 0 Å². The third kappa shape index (κ3) is 1.02. The molecule has 0 saturated carbocycles. The minimum atomic E-state index is -0.579. The molecule has 0 unspecified atom stereocenters. The van der Waals surface area contributed by atoms with Gasteiger partial charge in [-0.05, 0) is 12.5 Å². The van der Waals surface area contributed by atoms with Gasteiger partial charge in [0.15, 0.2) is 12.1 Å². The number of aromatic amines is 1. The maximum absolute atomic E-state index is 13.1. The highest BCUT2D eigenvalue weighted by molar-refractivity contribution is 5.97. The minimum absolute atomic E-state index is 0.0729. The van der Waals surface area contributed by atoms with Crippen molar-refractivity contribution in [3.63, 3.8) is 0 Å². The Morgan fingerprint density at radius 3 is 3.08 bits per heavy atom. The van der Waals surface area contributed by atoms with Crippen LogP contribution in [-0.2, 0) is 0 Å². The van der Waals surface area contributed by atoms with Crippen LogP contribution in [0, 0.1) is 12.7 Å². The molecule has 0 aliphatic carbocycles. The second-order valence-electron chi connectivity index (χ2n) is 2.83. The SMILES string of the molecule is Cc1c[nH]c2ncc(F)c(C=O)c12. The maximum atomic E-state index is 13.1. The Morgan fingerprint density at radius 2 is 2.38 bits per heavy atom. The number of rotatable bonds is 1. The monoisotopic (exact) mass is 178 g/mol. The van der Waals surface area contributed by atoms with Gasteiger partial charge < -0.3 is 4.98 Å². The van der Waals surface area contributed by atoms with Gasteiger partial charge in [0, 0.05) is 11.6 Å². The van der Waals surface area contributed by atoms with E-state index in [2.05, 4.69) is 9.97 Å². The zero-order chi connectivity index (χ0) is 9.42. The van der Waals surface area contributed by atoms with Gasteiger partial charge in [-0.15, -0.1) is 0 Å². The lowest BCUT2D eigenvalue weighted by Gasteiger charge is -1.96. The zero-order valence-corrected chi connectivity index (χ0v) is 6.97. The fourth-order valence-electron chi connectivity index (χ4n) is 1.37. The van der Waals surface area contributed by atoms with Crippen LogP contribution in [0.5, 0.6) is 0 Å². The van der Waals surface area contributed by atoms with E-state index < -0.39 is 5.82 Å². The molecule has 2 aromatic heterocycles. The summed E-state index contributed by atoms with van der Waals surface area (Å²) >= 11 is 0. The van der Waals surface area contributed by atoms with Crippen LogP contribution in [0.15, 0.2) is 12.4 Å². The number of aryl methyl sites for hydroxylation is 1. The first kappa shape index (κ1) is 7.91. The van der Waals surface area contributed by atoms with E-state index >= 15 is 0 Å². The van der Waals surface area contributed by atoms with Crippen LogP contribution in [0.4, 0.5) is 4.39 Å². The normalized spacial score (nSPS) is 10.6. The molecule has 2 heterocycles. The Morgan fingerprint density at radius 1 is 1.62 bits per heavy atom. The Balaban J connectivity index is 2.96. The average Bonchev–Trinajstić information content (AvgIpc) is 2.49. The quantitative estimate of drug-likeness (QED) is 0.677. The van der Waals surface area contributed by atoms with Crippen LogP contribution in [-0.4, -0.2) is 16.3 Å². The molecule has 66 valence electrons. The third-order valence-corrected chi connectivity index (χ3v) is 2.01. The van der Waals surface area contributed by atoms with Gasteiger partial charge in [-0.25, -0.2) is 9.37 Å². The van der Waals surface area contributed by atoms with Gasteiger partial charge in [0.05, 0.1) is 11.8 Å². The van der Waals surface area contributed by atoms with Crippen molar-refractivity contribution in [2.24, 2.45) is 0 Å². The van der Waals surface area contributed by atoms with Crippen molar-refractivity contribution in [3.05, 3.63) is 29.3 Å². The molecule has 0 fully saturated rings. The molecular weight excluding hydrogens is 171 g/mol. The Labute approximate surface area is 73.6 Å². The number of H-pyrrole nitrogens is 1. The van der Waals surface area contributed by atoms with Crippen LogP contribution < -0.4 is 0 Å². The molecule has 3 nitrogen and oxygen atoms in total. The standard InChI is InChI=1S/C9H7FN2O/c1-5-2-11-9-8(5)6(4-13)7(10)3-12-9/h2-4H,1H3,(H,11,12). The molecular formula is C9H7FN2O. The molecule has 0 bridgehead atoms. The molecule has 1 N–H and O–H groups in total. The van der Waals surface area contributed by atoms with E-state index in [-0.39, 0.29) is 5.56 Å². The first-order valence-electron chi connectivity index (χ1n) is 3.81. The highest BCUT2D eigenvalue weighted by atomic mass is 19.1. The minimum Gasteiger partial charge on any atom is -0.346 e. The number of nitrogens with zero attached hydrogens (tertiary/aromatic N) is 1. The van der Waals surface area contributed by atoms with Crippen molar-refractivity contribution >= 4 is 17.3 Å². The van der Waals surface area contributed by atoms with Gasteiger partial charge >= 0.3 is 0 Å². The molecule has 0 saturated heterocycles. The van der Waals surface area contributed by atoms with Crippen molar-refractivity contribution in [2.45, 2.75) is 6.92 Å². The van der Waals surface area contributed by atoms with Crippen molar-refractivity contribution in [2.75, 3.05) is 0 Å². The predicted octanol–water partition coefficient (Wildman–Crippen LogP) is 1.82. The Hall–Kier alpha value is -1.71. The summed E-state index contributed by atoms with van der Waals surface area (Å²) in [7, 11) is 0. The molecule has 0 aliphatic rings. The van der Waals surface area contributed by atoms with Crippen LogP contribution >= 0.6 is 0 Å². The molecule has 0 amide bonds. The van der Waals surface area contributed by atoms with Gasteiger partial charge in [-0.1, -0.05) is 0 Å². The highest BCUT2D eigenvalue weighted by Gasteiger charge is 2.10. The second kappa shape index (κ2) is 2.65. The van der Waals surface area contributed by atoms with E-state index in [1.165, 1.54) is 0 Å². The molecule has 0 radical (unpaired) electrons. The summed E-state index contributed by atoms with van der Waals surface area (Å²) < 4.78 is 13.1. The van der Waals surface area contributed by atoms with Crippen molar-refractivity contribution in [3.8, 4) is 0 Å². The largest absolute Gasteiger partial charge is 0.346 e. The summed E-state index contributed by atoms with van der Waals surface area (Å²) in [5, 5.41) is 0.565. The maximum Gasteiger partial charge on any atom is 0.153 e. The first-order valence-corrected chi connectivity index (χ1v) is 3.81. The fourth-order valence-corrected chi connectivity index (χ4v) is 1.37. The van der Waals surface area contributed by atoms with Gasteiger partial charge in [-0.2, -0.15) is 0 Å². The number of carbonyl (C=O) groups excluding carboxylic acids is 1. The van der Waals surface area contributed by atoms with Crippen LogP contribution in [0.1, 0.15) is 15.9 Å². The molecule has 0 aliphatic heterocycles. The summed E-state index contributed by atoms with van der Waals surface area (Å²) in [6, 6.07) is 0. The van der Waals surface area contributed by atoms with E-state index in [1.54, 1.807) is 13.1 Å². The van der Waals surface area contributed by atoms with Crippen molar-refractivity contribution in [1.29, 1.82) is 0 Å². The number of aromatic nitrogens is 2. The Bertz CT molecular complexity index is 476. The van der Waals surface area contributed by atoms with Crippen LogP contribution in [0.25, 0.3) is 11.0 Å². The summed E-state index contributed by atoms with van der Waals surface area (Å²) in [5.74, 6) is -0.579. The van der Waals surface area contributed by atoms with Crippen LogP contribution in [0.2, 0.25) is 0 Å². The number of nitrogens with one attached hydrogen (secondary N) is 1. The number of fused-ring (bicyclic) bond motifs is 1. The highest BCUT2D eigenvalue weighted by Crippen LogP contribution is 2.20. The number of halogens is 1. The Kier molecular flexibility index (Phi) is 1.62. The van der Waals surface area contributed by atoms with E-state index in [1.807, 2.05) is 0 Å². The third-order valence-electron chi connectivity index (χ3n) is 2.01. The molecule has 0 aromatic carbocycles. The lowest BCUT2D eigenvalue weighted by Crippen LogP contribution is -1.91. The molecule has 4 heteroatoms. The number of carbonyl (C=O) groups is 1. The molecule has 2 aromatic rings. The van der Waals surface area contributed by atoms with Gasteiger partial charge in [-0.3, -0.25) is 4.79 Å². The summed E-state index contributed by atoms with van der Waals surface area (Å²) in [4.78, 5) is 17.3. The molecule has 0 atom stereocenters. The van der Waals surface area contributed by atoms with Crippen molar-refractivity contribution in [1.82, 2.24) is 9.97 Å².